The van der Waals surface area contributed by atoms with Crippen LogP contribution in [-0.2, 0) is 0 Å². The van der Waals surface area contributed by atoms with Gasteiger partial charge in [0, 0.05) is 18.2 Å². The van der Waals surface area contributed by atoms with E-state index in [-0.39, 0.29) is 6.04 Å². The number of halogens is 2. The minimum atomic E-state index is 0.252. The molecule has 2 bridgehead atoms. The first kappa shape index (κ1) is 20.8. The van der Waals surface area contributed by atoms with E-state index in [1.54, 1.807) is 0 Å². The van der Waals surface area contributed by atoms with E-state index in [1.807, 2.05) is 24.4 Å². The van der Waals surface area contributed by atoms with Crippen molar-refractivity contribution < 1.29 is 0 Å². The number of piperidine rings is 3. The topological polar surface area (TPSA) is 15.6 Å². The van der Waals surface area contributed by atoms with Crippen molar-refractivity contribution in [2.24, 2.45) is 10.9 Å². The molecule has 3 heterocycles. The van der Waals surface area contributed by atoms with Gasteiger partial charge in [0.05, 0.1) is 16.1 Å². The smallest absolute Gasteiger partial charge is 0.0693 e. The lowest BCUT2D eigenvalue weighted by Gasteiger charge is -2.52. The summed E-state index contributed by atoms with van der Waals surface area (Å²) in [5.74, 6) is 0.908. The molecule has 0 saturated carbocycles. The third-order valence-corrected chi connectivity index (χ3v) is 7.57. The summed E-state index contributed by atoms with van der Waals surface area (Å²) >= 11 is 12.3. The minimum absolute atomic E-state index is 0.252. The highest BCUT2D eigenvalue weighted by atomic mass is 35.5. The highest BCUT2D eigenvalue weighted by Gasteiger charge is 2.46. The van der Waals surface area contributed by atoms with Crippen LogP contribution in [0.2, 0.25) is 10.0 Å². The summed E-state index contributed by atoms with van der Waals surface area (Å²) in [6.07, 6.45) is 4.43. The number of hydrogen-bond donors (Lipinski definition) is 0. The summed E-state index contributed by atoms with van der Waals surface area (Å²) < 4.78 is 0. The van der Waals surface area contributed by atoms with E-state index in [2.05, 4.69) is 65.6 Å². The van der Waals surface area contributed by atoms with Gasteiger partial charge in [0.2, 0.25) is 0 Å². The molecule has 0 aliphatic carbocycles. The van der Waals surface area contributed by atoms with Gasteiger partial charge in [0.15, 0.2) is 0 Å². The SMILES string of the molecule is Clc1ccc(/C=N\C2C3CCN(CC3)C2C(c2ccccc2)c2ccccc2)cc1Cl. The average molecular weight is 449 g/mol. The molecule has 0 amide bonds. The van der Waals surface area contributed by atoms with E-state index in [0.29, 0.717) is 27.9 Å². The summed E-state index contributed by atoms with van der Waals surface area (Å²) in [5.41, 5.74) is 3.72. The van der Waals surface area contributed by atoms with Crippen LogP contribution < -0.4 is 0 Å². The van der Waals surface area contributed by atoms with Gasteiger partial charge >= 0.3 is 0 Å². The zero-order valence-corrected chi connectivity index (χ0v) is 18.9. The summed E-state index contributed by atoms with van der Waals surface area (Å²) in [7, 11) is 0. The first-order chi connectivity index (χ1) is 15.2. The van der Waals surface area contributed by atoms with Crippen molar-refractivity contribution in [2.75, 3.05) is 13.1 Å². The monoisotopic (exact) mass is 448 g/mol. The largest absolute Gasteiger partial charge is 0.297 e. The van der Waals surface area contributed by atoms with Gasteiger partial charge in [0.25, 0.3) is 0 Å². The van der Waals surface area contributed by atoms with Gasteiger partial charge in [-0.2, -0.15) is 0 Å². The van der Waals surface area contributed by atoms with Crippen molar-refractivity contribution in [1.29, 1.82) is 0 Å². The molecule has 3 aromatic carbocycles. The van der Waals surface area contributed by atoms with Crippen LogP contribution in [0.5, 0.6) is 0 Å². The van der Waals surface area contributed by atoms with E-state index in [9.17, 15) is 0 Å². The molecule has 0 N–H and O–H groups in total. The maximum absolute atomic E-state index is 6.24. The molecule has 3 saturated heterocycles. The van der Waals surface area contributed by atoms with Crippen molar-refractivity contribution in [2.45, 2.75) is 30.8 Å². The van der Waals surface area contributed by atoms with E-state index < -0.39 is 0 Å². The van der Waals surface area contributed by atoms with Gasteiger partial charge in [-0.1, -0.05) is 89.9 Å². The number of hydrogen-bond acceptors (Lipinski definition) is 2. The normalized spacial score (nSPS) is 25.4. The zero-order valence-electron chi connectivity index (χ0n) is 17.4. The molecule has 0 radical (unpaired) electrons. The fraction of sp³-hybridized carbons (Fsp3) is 0.296. The molecule has 31 heavy (non-hydrogen) atoms. The molecule has 2 unspecified atom stereocenters. The number of aliphatic imine (C=N–C) groups is 1. The maximum atomic E-state index is 6.24. The second-order valence-corrected chi connectivity index (χ2v) is 9.42. The molecule has 3 fully saturated rings. The second-order valence-electron chi connectivity index (χ2n) is 8.61. The van der Waals surface area contributed by atoms with Crippen molar-refractivity contribution in [3.05, 3.63) is 106 Å². The second kappa shape index (κ2) is 9.16. The predicted molar refractivity (Wildman–Crippen MR) is 131 cm³/mol. The highest BCUT2D eigenvalue weighted by Crippen LogP contribution is 2.43. The van der Waals surface area contributed by atoms with Gasteiger partial charge in [0.1, 0.15) is 0 Å². The standard InChI is InChI=1S/C27H26Cl2N2/c28-23-12-11-19(17-24(23)29)18-30-26-22-13-15-31(16-14-22)27(26)25(20-7-3-1-4-8-20)21-9-5-2-6-10-21/h1-12,17-18,22,25-27H,13-16H2/b30-18-. The van der Waals surface area contributed by atoms with Crippen LogP contribution in [0.4, 0.5) is 0 Å². The van der Waals surface area contributed by atoms with Crippen LogP contribution in [-0.4, -0.2) is 36.3 Å². The first-order valence-electron chi connectivity index (χ1n) is 11.0. The Hall–Kier alpha value is -2.13. The molecule has 0 spiro atoms. The molecular weight excluding hydrogens is 423 g/mol. The van der Waals surface area contributed by atoms with Crippen LogP contribution >= 0.6 is 23.2 Å². The molecule has 6 rings (SSSR count). The van der Waals surface area contributed by atoms with E-state index in [0.717, 1.165) is 18.7 Å². The van der Waals surface area contributed by atoms with Crippen molar-refractivity contribution in [3.63, 3.8) is 0 Å². The lowest BCUT2D eigenvalue weighted by Crippen LogP contribution is -2.59. The van der Waals surface area contributed by atoms with Crippen molar-refractivity contribution in [3.8, 4) is 0 Å². The van der Waals surface area contributed by atoms with Gasteiger partial charge in [-0.05, 0) is 60.7 Å². The van der Waals surface area contributed by atoms with E-state index >= 15 is 0 Å². The quantitative estimate of drug-likeness (QED) is 0.396. The Labute approximate surface area is 194 Å². The lowest BCUT2D eigenvalue weighted by molar-refractivity contribution is 0.0215. The first-order valence-corrected chi connectivity index (χ1v) is 11.8. The van der Waals surface area contributed by atoms with Crippen molar-refractivity contribution in [1.82, 2.24) is 4.90 Å². The summed E-state index contributed by atoms with van der Waals surface area (Å²) in [5, 5.41) is 1.15. The van der Waals surface area contributed by atoms with Gasteiger partial charge < -0.3 is 0 Å². The van der Waals surface area contributed by atoms with Gasteiger partial charge in [-0.25, -0.2) is 0 Å². The van der Waals surface area contributed by atoms with Crippen molar-refractivity contribution >= 4 is 29.4 Å². The Morgan fingerprint density at radius 1 is 0.806 bits per heavy atom. The summed E-state index contributed by atoms with van der Waals surface area (Å²) in [6, 6.07) is 28.2. The van der Waals surface area contributed by atoms with Crippen LogP contribution in [0.15, 0.2) is 83.9 Å². The predicted octanol–water partition coefficient (Wildman–Crippen LogP) is 6.71. The van der Waals surface area contributed by atoms with Crippen LogP contribution in [0.3, 0.4) is 0 Å². The number of fused-ring (bicyclic) bond motifs is 3. The molecule has 2 nitrogen and oxygen atoms in total. The van der Waals surface area contributed by atoms with Crippen LogP contribution in [0, 0.1) is 5.92 Å². The molecule has 2 atom stereocenters. The number of benzene rings is 3. The van der Waals surface area contributed by atoms with Gasteiger partial charge in [-0.3, -0.25) is 9.89 Å². The third kappa shape index (κ3) is 4.30. The Bertz CT molecular complexity index is 1000. The van der Waals surface area contributed by atoms with Gasteiger partial charge in [-0.15, -0.1) is 0 Å². The van der Waals surface area contributed by atoms with E-state index in [1.165, 1.54) is 24.0 Å². The average Bonchev–Trinajstić information content (AvgIpc) is 2.83. The highest BCUT2D eigenvalue weighted by molar-refractivity contribution is 6.42. The molecular formula is C27H26Cl2N2. The molecule has 158 valence electrons. The lowest BCUT2D eigenvalue weighted by atomic mass is 9.71. The zero-order chi connectivity index (χ0) is 21.2. The summed E-state index contributed by atoms with van der Waals surface area (Å²) in [6.45, 7) is 2.31. The number of nitrogens with zero attached hydrogens (tertiary/aromatic N) is 2. The molecule has 3 aliphatic rings. The Kier molecular flexibility index (Phi) is 6.13. The van der Waals surface area contributed by atoms with Crippen LogP contribution in [0.1, 0.15) is 35.4 Å². The fourth-order valence-electron chi connectivity index (χ4n) is 5.34. The Morgan fingerprint density at radius 2 is 1.42 bits per heavy atom. The third-order valence-electron chi connectivity index (χ3n) is 6.83. The molecule has 3 aliphatic heterocycles. The minimum Gasteiger partial charge on any atom is -0.297 e. The molecule has 3 aromatic rings. The maximum Gasteiger partial charge on any atom is 0.0693 e. The van der Waals surface area contributed by atoms with Crippen LogP contribution in [0.25, 0.3) is 0 Å². The molecule has 4 heteroatoms. The Balaban J connectivity index is 1.54. The Morgan fingerprint density at radius 3 is 2.00 bits per heavy atom. The molecule has 0 aromatic heterocycles. The summed E-state index contributed by atoms with van der Waals surface area (Å²) in [4.78, 5) is 7.86. The fourth-order valence-corrected chi connectivity index (χ4v) is 5.65. The number of rotatable bonds is 5. The van der Waals surface area contributed by atoms with E-state index in [4.69, 9.17) is 28.2 Å².